The summed E-state index contributed by atoms with van der Waals surface area (Å²) >= 11 is 5.00. The van der Waals surface area contributed by atoms with Crippen molar-refractivity contribution in [2.45, 2.75) is 0 Å². The van der Waals surface area contributed by atoms with E-state index in [-0.39, 0.29) is 11.7 Å². The van der Waals surface area contributed by atoms with Gasteiger partial charge in [-0.05, 0) is 59.2 Å². The molecule has 0 unspecified atom stereocenters. The van der Waals surface area contributed by atoms with E-state index in [2.05, 4.69) is 16.2 Å². The van der Waals surface area contributed by atoms with Crippen LogP contribution in [0, 0.1) is 0 Å². The first-order chi connectivity index (χ1) is 16.0. The molecule has 8 heteroatoms. The largest absolute Gasteiger partial charge is 0.497 e. The summed E-state index contributed by atoms with van der Waals surface area (Å²) in [6.07, 6.45) is 2.96. The number of benzene rings is 3. The Morgan fingerprint density at radius 3 is 2.15 bits per heavy atom. The summed E-state index contributed by atoms with van der Waals surface area (Å²) in [6, 6.07) is 24.6. The average Bonchev–Trinajstić information content (AvgIpc) is 2.86. The molecule has 2 amide bonds. The Hall–Kier alpha value is -4.17. The molecular weight excluding hydrogens is 438 g/mol. The molecule has 3 aromatic carbocycles. The molecule has 0 heterocycles. The lowest BCUT2D eigenvalue weighted by atomic mass is 10.1. The number of amides is 2. The number of thiocarbonyl (C=S) groups is 1. The summed E-state index contributed by atoms with van der Waals surface area (Å²) in [5.74, 6) is 0.398. The van der Waals surface area contributed by atoms with Gasteiger partial charge >= 0.3 is 0 Å². The van der Waals surface area contributed by atoms with Crippen LogP contribution in [-0.2, 0) is 9.59 Å². The molecule has 0 spiro atoms. The molecule has 0 aliphatic heterocycles. The van der Waals surface area contributed by atoms with Crippen molar-refractivity contribution in [2.75, 3.05) is 13.7 Å². The highest BCUT2D eigenvalue weighted by molar-refractivity contribution is 7.80. The summed E-state index contributed by atoms with van der Waals surface area (Å²) in [7, 11) is 1.58. The number of carbonyl (C=O) groups is 2. The van der Waals surface area contributed by atoms with E-state index in [4.69, 9.17) is 21.7 Å². The highest BCUT2D eigenvalue weighted by Crippen LogP contribution is 2.21. The van der Waals surface area contributed by atoms with Crippen LogP contribution in [0.1, 0.15) is 5.56 Å². The number of nitrogens with one attached hydrogen (secondary N) is 3. The topological polar surface area (TPSA) is 88.7 Å². The van der Waals surface area contributed by atoms with E-state index >= 15 is 0 Å². The summed E-state index contributed by atoms with van der Waals surface area (Å²) < 4.78 is 10.6. The van der Waals surface area contributed by atoms with Crippen LogP contribution in [0.25, 0.3) is 17.2 Å². The van der Waals surface area contributed by atoms with E-state index in [0.29, 0.717) is 5.75 Å². The van der Waals surface area contributed by atoms with Gasteiger partial charge in [-0.1, -0.05) is 54.6 Å². The van der Waals surface area contributed by atoms with Gasteiger partial charge in [0.15, 0.2) is 11.7 Å². The number of methoxy groups -OCH3 is 1. The molecule has 3 rings (SSSR count). The lowest BCUT2D eigenvalue weighted by molar-refractivity contribution is -0.123. The quantitative estimate of drug-likeness (QED) is 0.284. The molecule has 0 saturated carbocycles. The van der Waals surface area contributed by atoms with Crippen LogP contribution in [0.15, 0.2) is 84.9 Å². The maximum Gasteiger partial charge on any atom is 0.276 e. The molecule has 0 aromatic heterocycles. The molecule has 3 N–H and O–H groups in total. The number of ether oxygens (including phenoxy) is 2. The molecule has 0 atom stereocenters. The summed E-state index contributed by atoms with van der Waals surface area (Å²) in [4.78, 5) is 23.9. The number of hydrogen-bond acceptors (Lipinski definition) is 5. The standard InChI is InChI=1S/C25H23N3O4S/c1-31-21-12-7-18(8-13-21)9-16-23(29)26-25(33)28-27-24(30)17-32-22-14-10-20(11-15-22)19-5-3-2-4-6-19/h2-16H,17H2,1H3,(H,27,30)(H2,26,28,29,33)/b16-9+. The lowest BCUT2D eigenvalue weighted by Crippen LogP contribution is -2.49. The van der Waals surface area contributed by atoms with Gasteiger partial charge in [0.25, 0.3) is 5.91 Å². The van der Waals surface area contributed by atoms with Gasteiger partial charge in [0.05, 0.1) is 7.11 Å². The van der Waals surface area contributed by atoms with Gasteiger partial charge in [0.1, 0.15) is 11.5 Å². The third-order valence-electron chi connectivity index (χ3n) is 4.43. The minimum atomic E-state index is -0.451. The van der Waals surface area contributed by atoms with E-state index in [1.54, 1.807) is 37.5 Å². The predicted molar refractivity (Wildman–Crippen MR) is 131 cm³/mol. The monoisotopic (exact) mass is 461 g/mol. The van der Waals surface area contributed by atoms with Crippen molar-refractivity contribution in [2.24, 2.45) is 0 Å². The molecule has 0 radical (unpaired) electrons. The van der Waals surface area contributed by atoms with Crippen molar-refractivity contribution in [3.05, 3.63) is 90.5 Å². The fourth-order valence-electron chi connectivity index (χ4n) is 2.76. The SMILES string of the molecule is COc1ccc(/C=C/C(=O)NC(=S)NNC(=O)COc2ccc(-c3ccccc3)cc2)cc1. The normalized spacial score (nSPS) is 10.3. The third-order valence-corrected chi connectivity index (χ3v) is 4.63. The van der Waals surface area contributed by atoms with Gasteiger partial charge in [-0.2, -0.15) is 0 Å². The Labute approximate surface area is 197 Å². The maximum absolute atomic E-state index is 12.0. The fourth-order valence-corrected chi connectivity index (χ4v) is 2.91. The number of rotatable bonds is 7. The van der Waals surface area contributed by atoms with E-state index in [1.807, 2.05) is 54.6 Å². The molecular formula is C25H23N3O4S. The van der Waals surface area contributed by atoms with Crippen molar-refractivity contribution in [3.63, 3.8) is 0 Å². The Balaban J connectivity index is 1.37. The Kier molecular flexibility index (Phi) is 8.55. The second kappa shape index (κ2) is 12.0. The van der Waals surface area contributed by atoms with Crippen LogP contribution in [0.4, 0.5) is 0 Å². The first kappa shape index (κ1) is 23.5. The second-order valence-electron chi connectivity index (χ2n) is 6.78. The minimum Gasteiger partial charge on any atom is -0.497 e. The van der Waals surface area contributed by atoms with Gasteiger partial charge in [0.2, 0.25) is 5.91 Å². The van der Waals surface area contributed by atoms with Gasteiger partial charge in [-0.3, -0.25) is 25.8 Å². The first-order valence-corrected chi connectivity index (χ1v) is 10.4. The number of hydrogen-bond donors (Lipinski definition) is 3. The van der Waals surface area contributed by atoms with Crippen LogP contribution < -0.4 is 25.6 Å². The zero-order chi connectivity index (χ0) is 23.5. The van der Waals surface area contributed by atoms with Crippen LogP contribution in [0.5, 0.6) is 11.5 Å². The molecule has 0 aliphatic carbocycles. The molecule has 7 nitrogen and oxygen atoms in total. The van der Waals surface area contributed by atoms with E-state index < -0.39 is 11.8 Å². The Morgan fingerprint density at radius 2 is 1.48 bits per heavy atom. The van der Waals surface area contributed by atoms with Crippen LogP contribution >= 0.6 is 12.2 Å². The van der Waals surface area contributed by atoms with Gasteiger partial charge < -0.3 is 9.47 Å². The molecule has 0 fully saturated rings. The van der Waals surface area contributed by atoms with Crippen LogP contribution in [-0.4, -0.2) is 30.6 Å². The zero-order valence-electron chi connectivity index (χ0n) is 17.9. The molecule has 3 aromatic rings. The van der Waals surface area contributed by atoms with Crippen molar-refractivity contribution in [1.29, 1.82) is 0 Å². The minimum absolute atomic E-state index is 0.0417. The van der Waals surface area contributed by atoms with Crippen molar-refractivity contribution in [1.82, 2.24) is 16.2 Å². The zero-order valence-corrected chi connectivity index (χ0v) is 18.7. The number of carbonyl (C=O) groups excluding carboxylic acids is 2. The van der Waals surface area contributed by atoms with Crippen molar-refractivity contribution >= 4 is 35.2 Å². The fraction of sp³-hybridized carbons (Fsp3) is 0.0800. The smallest absolute Gasteiger partial charge is 0.276 e. The first-order valence-electron chi connectivity index (χ1n) is 10.0. The highest BCUT2D eigenvalue weighted by Gasteiger charge is 2.06. The molecule has 168 valence electrons. The van der Waals surface area contributed by atoms with Gasteiger partial charge in [0, 0.05) is 6.08 Å². The highest BCUT2D eigenvalue weighted by atomic mass is 32.1. The van der Waals surface area contributed by atoms with Gasteiger partial charge in [-0.15, -0.1) is 0 Å². The summed E-state index contributed by atoms with van der Waals surface area (Å²) in [5.41, 5.74) is 7.81. The summed E-state index contributed by atoms with van der Waals surface area (Å²) in [5, 5.41) is 2.40. The average molecular weight is 462 g/mol. The van der Waals surface area contributed by atoms with Crippen LogP contribution in [0.2, 0.25) is 0 Å². The molecule has 33 heavy (non-hydrogen) atoms. The Bertz CT molecular complexity index is 1110. The van der Waals surface area contributed by atoms with E-state index in [0.717, 1.165) is 22.4 Å². The van der Waals surface area contributed by atoms with E-state index in [9.17, 15) is 9.59 Å². The maximum atomic E-state index is 12.0. The predicted octanol–water partition coefficient (Wildman–Crippen LogP) is 3.48. The number of hydrazine groups is 1. The molecule has 0 aliphatic rings. The van der Waals surface area contributed by atoms with E-state index in [1.165, 1.54) is 6.08 Å². The van der Waals surface area contributed by atoms with Crippen molar-refractivity contribution in [3.8, 4) is 22.6 Å². The summed E-state index contributed by atoms with van der Waals surface area (Å²) in [6.45, 7) is -0.217. The van der Waals surface area contributed by atoms with Crippen LogP contribution in [0.3, 0.4) is 0 Å². The van der Waals surface area contributed by atoms with Gasteiger partial charge in [-0.25, -0.2) is 0 Å². The Morgan fingerprint density at radius 1 is 0.848 bits per heavy atom. The molecule has 0 bridgehead atoms. The van der Waals surface area contributed by atoms with Crippen molar-refractivity contribution < 1.29 is 19.1 Å². The second-order valence-corrected chi connectivity index (χ2v) is 7.19. The lowest BCUT2D eigenvalue weighted by Gasteiger charge is -2.11. The molecule has 0 saturated heterocycles. The third kappa shape index (κ3) is 7.79.